The van der Waals surface area contributed by atoms with Gasteiger partial charge in [0, 0.05) is 5.41 Å². The van der Waals surface area contributed by atoms with E-state index in [4.69, 9.17) is 0 Å². The van der Waals surface area contributed by atoms with Crippen molar-refractivity contribution < 1.29 is 0 Å². The summed E-state index contributed by atoms with van der Waals surface area (Å²) in [6.45, 7) is 19.8. The topological polar surface area (TPSA) is 0 Å². The van der Waals surface area contributed by atoms with Crippen LogP contribution < -0.4 is 0 Å². The Kier molecular flexibility index (Phi) is 2.97. The highest BCUT2D eigenvalue weighted by Crippen LogP contribution is 2.76. The molecule has 0 heteroatoms. The van der Waals surface area contributed by atoms with Gasteiger partial charge < -0.3 is 0 Å². The van der Waals surface area contributed by atoms with Crippen LogP contribution in [0.1, 0.15) is 77.6 Å². The third-order valence-electron chi connectivity index (χ3n) is 9.01. The van der Waals surface area contributed by atoms with Crippen molar-refractivity contribution in [3.63, 3.8) is 0 Å². The van der Waals surface area contributed by atoms with Crippen molar-refractivity contribution in [2.75, 3.05) is 0 Å². The summed E-state index contributed by atoms with van der Waals surface area (Å²) < 4.78 is 0. The summed E-state index contributed by atoms with van der Waals surface area (Å²) in [5.74, 6) is 0. The van der Waals surface area contributed by atoms with Gasteiger partial charge in [0.05, 0.1) is 0 Å². The molecule has 25 heavy (non-hydrogen) atoms. The van der Waals surface area contributed by atoms with Crippen LogP contribution in [-0.2, 0) is 16.2 Å². The molecule has 0 bridgehead atoms. The molecule has 0 saturated carbocycles. The standard InChI is InChI=1S/C25H32/c1-21(2)17-13-9-11-15-19(17)25(23(21,5)6)20-16-12-10-14-18(20)22(3,4)24(25,7)8/h9-16H,1-8H3. The molecule has 0 unspecified atom stereocenters. The Morgan fingerprint density at radius 2 is 0.720 bits per heavy atom. The first kappa shape index (κ1) is 16.9. The predicted octanol–water partition coefficient (Wildman–Crippen LogP) is 6.61. The van der Waals surface area contributed by atoms with Gasteiger partial charge in [0.25, 0.3) is 0 Å². The van der Waals surface area contributed by atoms with Crippen LogP contribution in [0.5, 0.6) is 0 Å². The second kappa shape index (κ2) is 4.40. The van der Waals surface area contributed by atoms with Crippen molar-refractivity contribution >= 4 is 0 Å². The van der Waals surface area contributed by atoms with Crippen LogP contribution in [0.15, 0.2) is 48.5 Å². The molecular weight excluding hydrogens is 300 g/mol. The molecule has 132 valence electrons. The summed E-state index contributed by atoms with van der Waals surface area (Å²) in [5, 5.41) is 0. The highest BCUT2D eigenvalue weighted by molar-refractivity contribution is 5.64. The minimum atomic E-state index is 0.0141. The lowest BCUT2D eigenvalue weighted by atomic mass is 9.46. The van der Waals surface area contributed by atoms with Crippen LogP contribution in [0.2, 0.25) is 0 Å². The molecule has 2 aromatic rings. The Labute approximate surface area is 153 Å². The van der Waals surface area contributed by atoms with E-state index < -0.39 is 0 Å². The Morgan fingerprint density at radius 1 is 0.440 bits per heavy atom. The van der Waals surface area contributed by atoms with E-state index in [9.17, 15) is 0 Å². The van der Waals surface area contributed by atoms with Gasteiger partial charge >= 0.3 is 0 Å². The number of hydrogen-bond donors (Lipinski definition) is 0. The molecular formula is C25H32. The van der Waals surface area contributed by atoms with E-state index in [0.717, 1.165) is 0 Å². The minimum Gasteiger partial charge on any atom is -0.0620 e. The van der Waals surface area contributed by atoms with Crippen LogP contribution in [0, 0.1) is 10.8 Å². The fourth-order valence-corrected chi connectivity index (χ4v) is 6.59. The highest BCUT2D eigenvalue weighted by Gasteiger charge is 2.73. The lowest BCUT2D eigenvalue weighted by Crippen LogP contribution is -2.56. The van der Waals surface area contributed by atoms with Gasteiger partial charge in [-0.2, -0.15) is 0 Å². The van der Waals surface area contributed by atoms with Crippen molar-refractivity contribution in [1.29, 1.82) is 0 Å². The van der Waals surface area contributed by atoms with Crippen molar-refractivity contribution in [2.24, 2.45) is 10.8 Å². The van der Waals surface area contributed by atoms with E-state index in [-0.39, 0.29) is 27.1 Å². The molecule has 4 rings (SSSR count). The van der Waals surface area contributed by atoms with Gasteiger partial charge in [-0.25, -0.2) is 0 Å². The fraction of sp³-hybridized carbons (Fsp3) is 0.520. The molecule has 0 atom stereocenters. The molecule has 2 aliphatic carbocycles. The number of hydrogen-bond acceptors (Lipinski definition) is 0. The smallest absolute Gasteiger partial charge is 0.0327 e. The molecule has 0 N–H and O–H groups in total. The van der Waals surface area contributed by atoms with Crippen LogP contribution in [-0.4, -0.2) is 0 Å². The zero-order valence-electron chi connectivity index (χ0n) is 17.1. The van der Waals surface area contributed by atoms with E-state index in [2.05, 4.69) is 104 Å². The highest BCUT2D eigenvalue weighted by atomic mass is 14.8. The maximum absolute atomic E-state index is 2.51. The summed E-state index contributed by atoms with van der Waals surface area (Å²) >= 11 is 0. The summed E-state index contributed by atoms with van der Waals surface area (Å²) in [6, 6.07) is 18.5. The molecule has 2 aromatic carbocycles. The summed E-state index contributed by atoms with van der Waals surface area (Å²) in [6.07, 6.45) is 0. The normalized spacial score (nSPS) is 25.6. The quantitative estimate of drug-likeness (QED) is 0.509. The van der Waals surface area contributed by atoms with Gasteiger partial charge in [-0.05, 0) is 43.9 Å². The monoisotopic (exact) mass is 332 g/mol. The molecule has 0 aliphatic heterocycles. The van der Waals surface area contributed by atoms with Gasteiger partial charge in [0.1, 0.15) is 0 Å². The van der Waals surface area contributed by atoms with Crippen LogP contribution in [0.4, 0.5) is 0 Å². The Morgan fingerprint density at radius 3 is 1.04 bits per heavy atom. The Balaban J connectivity index is 2.25. The predicted molar refractivity (Wildman–Crippen MR) is 107 cm³/mol. The summed E-state index contributed by atoms with van der Waals surface area (Å²) in [4.78, 5) is 0. The van der Waals surface area contributed by atoms with Crippen LogP contribution >= 0.6 is 0 Å². The van der Waals surface area contributed by atoms with Crippen molar-refractivity contribution in [3.05, 3.63) is 70.8 Å². The minimum absolute atomic E-state index is 0.0141. The average molecular weight is 333 g/mol. The molecule has 0 heterocycles. The third kappa shape index (κ3) is 1.45. The lowest BCUT2D eigenvalue weighted by molar-refractivity contribution is 0.00837. The molecule has 0 radical (unpaired) electrons. The second-order valence-corrected chi connectivity index (χ2v) is 10.3. The molecule has 0 amide bonds. The van der Waals surface area contributed by atoms with Gasteiger partial charge in [-0.1, -0.05) is 104 Å². The molecule has 0 fully saturated rings. The first-order chi connectivity index (χ1) is 11.5. The Bertz CT molecular complexity index is 788. The van der Waals surface area contributed by atoms with E-state index in [1.54, 1.807) is 11.1 Å². The first-order valence-corrected chi connectivity index (χ1v) is 9.65. The average Bonchev–Trinajstić information content (AvgIpc) is 2.78. The van der Waals surface area contributed by atoms with Crippen molar-refractivity contribution in [1.82, 2.24) is 0 Å². The maximum atomic E-state index is 2.51. The molecule has 0 nitrogen and oxygen atoms in total. The number of fused-ring (bicyclic) bond motifs is 4. The lowest BCUT2D eigenvalue weighted by Gasteiger charge is -2.56. The van der Waals surface area contributed by atoms with Gasteiger partial charge in [0.15, 0.2) is 0 Å². The summed E-state index contributed by atoms with van der Waals surface area (Å²) in [7, 11) is 0. The van der Waals surface area contributed by atoms with Crippen LogP contribution in [0.25, 0.3) is 0 Å². The third-order valence-corrected chi connectivity index (χ3v) is 9.01. The van der Waals surface area contributed by atoms with Crippen molar-refractivity contribution in [3.8, 4) is 0 Å². The van der Waals surface area contributed by atoms with Gasteiger partial charge in [-0.15, -0.1) is 0 Å². The largest absolute Gasteiger partial charge is 0.0620 e. The Hall–Kier alpha value is -1.56. The molecule has 0 aromatic heterocycles. The zero-order chi connectivity index (χ0) is 18.5. The SMILES string of the molecule is CC1(C)c2ccccc2C2(c3ccccc3C(C)(C)C2(C)C)C1(C)C. The first-order valence-electron chi connectivity index (χ1n) is 9.65. The van der Waals surface area contributed by atoms with E-state index in [0.29, 0.717) is 0 Å². The number of rotatable bonds is 0. The zero-order valence-corrected chi connectivity index (χ0v) is 17.1. The maximum Gasteiger partial charge on any atom is 0.0327 e. The summed E-state index contributed by atoms with van der Waals surface area (Å²) in [5.41, 5.74) is 6.62. The molecule has 1 spiro atoms. The molecule has 2 aliphatic rings. The van der Waals surface area contributed by atoms with Gasteiger partial charge in [-0.3, -0.25) is 0 Å². The fourth-order valence-electron chi connectivity index (χ4n) is 6.59. The second-order valence-electron chi connectivity index (χ2n) is 10.3. The van der Waals surface area contributed by atoms with E-state index in [1.165, 1.54) is 11.1 Å². The van der Waals surface area contributed by atoms with E-state index >= 15 is 0 Å². The number of benzene rings is 2. The van der Waals surface area contributed by atoms with Crippen LogP contribution in [0.3, 0.4) is 0 Å². The van der Waals surface area contributed by atoms with Gasteiger partial charge in [0.2, 0.25) is 0 Å². The molecule has 0 saturated heterocycles. The van der Waals surface area contributed by atoms with Crippen molar-refractivity contribution in [2.45, 2.75) is 71.6 Å². The van der Waals surface area contributed by atoms with E-state index in [1.807, 2.05) is 0 Å².